The molecule has 3 nitrogen and oxygen atoms in total. The summed E-state index contributed by atoms with van der Waals surface area (Å²) in [5.41, 5.74) is 1.67. The van der Waals surface area contributed by atoms with Gasteiger partial charge in [-0.15, -0.1) is 0 Å². The largest absolute Gasteiger partial charge is 0.497 e. The smallest absolute Gasteiger partial charge is 0.276 e. The van der Waals surface area contributed by atoms with Crippen molar-refractivity contribution >= 4 is 12.1 Å². The second-order valence-electron chi connectivity index (χ2n) is 2.84. The topological polar surface area (TPSA) is 38.7 Å². The number of carbonyl (C=O) groups is 1. The van der Waals surface area contributed by atoms with Crippen LogP contribution in [-0.4, -0.2) is 19.2 Å². The molecule has 13 heavy (non-hydrogen) atoms. The maximum Gasteiger partial charge on any atom is 0.276 e. The lowest BCUT2D eigenvalue weighted by Gasteiger charge is -2.09. The normalized spacial score (nSPS) is 14.1. The van der Waals surface area contributed by atoms with Crippen LogP contribution in [0.25, 0.3) is 0 Å². The number of aliphatic imine (C=N–C) groups is 1. The fourth-order valence-electron chi connectivity index (χ4n) is 1.37. The van der Waals surface area contributed by atoms with Gasteiger partial charge in [0.2, 0.25) is 0 Å². The van der Waals surface area contributed by atoms with E-state index in [9.17, 15) is 4.79 Å². The number of methoxy groups -OCH3 is 1. The number of amides is 1. The molecule has 1 aromatic carbocycles. The van der Waals surface area contributed by atoms with E-state index in [2.05, 4.69) is 4.99 Å². The van der Waals surface area contributed by atoms with Crippen LogP contribution in [0.5, 0.6) is 5.75 Å². The minimum atomic E-state index is -0.163. The molecule has 0 aromatic heterocycles. The second-order valence-corrected chi connectivity index (χ2v) is 2.84. The number of hydrogen-bond donors (Lipinski definition) is 0. The SMILES string of the molecule is COc1ccc2c(c1)CC=NC2=O. The molecular weight excluding hydrogens is 166 g/mol. The molecular formula is C10H9NO2. The minimum absolute atomic E-state index is 0.163. The summed E-state index contributed by atoms with van der Waals surface area (Å²) in [6.45, 7) is 0. The van der Waals surface area contributed by atoms with E-state index in [1.54, 1.807) is 25.5 Å². The monoisotopic (exact) mass is 175 g/mol. The first-order valence-electron chi connectivity index (χ1n) is 4.05. The molecule has 66 valence electrons. The van der Waals surface area contributed by atoms with Gasteiger partial charge in [-0.3, -0.25) is 4.79 Å². The predicted molar refractivity (Wildman–Crippen MR) is 49.5 cm³/mol. The lowest BCUT2D eigenvalue weighted by atomic mass is 10.0. The summed E-state index contributed by atoms with van der Waals surface area (Å²) in [6.07, 6.45) is 2.34. The third-order valence-corrected chi connectivity index (χ3v) is 2.06. The minimum Gasteiger partial charge on any atom is -0.497 e. The van der Waals surface area contributed by atoms with Crippen LogP contribution in [0.1, 0.15) is 15.9 Å². The first kappa shape index (κ1) is 7.98. The zero-order chi connectivity index (χ0) is 9.26. The first-order valence-corrected chi connectivity index (χ1v) is 4.05. The summed E-state index contributed by atoms with van der Waals surface area (Å²) >= 11 is 0. The van der Waals surface area contributed by atoms with Crippen molar-refractivity contribution in [2.24, 2.45) is 4.99 Å². The molecule has 0 spiro atoms. The number of hydrogen-bond acceptors (Lipinski definition) is 2. The van der Waals surface area contributed by atoms with Gasteiger partial charge in [0, 0.05) is 18.2 Å². The van der Waals surface area contributed by atoms with Gasteiger partial charge in [-0.1, -0.05) is 0 Å². The van der Waals surface area contributed by atoms with E-state index >= 15 is 0 Å². The molecule has 0 fully saturated rings. The Hall–Kier alpha value is -1.64. The van der Waals surface area contributed by atoms with Crippen LogP contribution in [0.4, 0.5) is 0 Å². The highest BCUT2D eigenvalue weighted by atomic mass is 16.5. The molecule has 0 N–H and O–H groups in total. The Morgan fingerprint density at radius 1 is 1.46 bits per heavy atom. The van der Waals surface area contributed by atoms with Gasteiger partial charge in [0.1, 0.15) is 5.75 Å². The maximum atomic E-state index is 11.2. The van der Waals surface area contributed by atoms with Gasteiger partial charge in [0.25, 0.3) is 5.91 Å². The lowest BCUT2D eigenvalue weighted by molar-refractivity contribution is 0.100. The van der Waals surface area contributed by atoms with Crippen molar-refractivity contribution in [3.05, 3.63) is 29.3 Å². The van der Waals surface area contributed by atoms with Crippen molar-refractivity contribution in [2.45, 2.75) is 6.42 Å². The summed E-state index contributed by atoms with van der Waals surface area (Å²) in [6, 6.07) is 5.41. The molecule has 1 heterocycles. The van der Waals surface area contributed by atoms with Gasteiger partial charge in [-0.05, 0) is 23.8 Å². The van der Waals surface area contributed by atoms with Crippen LogP contribution in [0.2, 0.25) is 0 Å². The molecule has 0 saturated carbocycles. The molecule has 0 saturated heterocycles. The summed E-state index contributed by atoms with van der Waals surface area (Å²) in [7, 11) is 1.61. The van der Waals surface area contributed by atoms with E-state index < -0.39 is 0 Å². The van der Waals surface area contributed by atoms with E-state index in [1.165, 1.54) is 0 Å². The molecule has 0 radical (unpaired) electrons. The molecule has 0 bridgehead atoms. The van der Waals surface area contributed by atoms with Crippen molar-refractivity contribution < 1.29 is 9.53 Å². The Morgan fingerprint density at radius 3 is 3.08 bits per heavy atom. The molecule has 1 amide bonds. The van der Waals surface area contributed by atoms with Crippen molar-refractivity contribution in [3.8, 4) is 5.75 Å². The molecule has 0 aliphatic carbocycles. The Bertz CT molecular complexity index is 383. The number of rotatable bonds is 1. The second kappa shape index (κ2) is 3.01. The Labute approximate surface area is 76.1 Å². The number of carbonyl (C=O) groups excluding carboxylic acids is 1. The predicted octanol–water partition coefficient (Wildman–Crippen LogP) is 1.46. The van der Waals surface area contributed by atoms with Gasteiger partial charge in [0.05, 0.1) is 7.11 Å². The van der Waals surface area contributed by atoms with Crippen LogP contribution in [0.15, 0.2) is 23.2 Å². The van der Waals surface area contributed by atoms with Crippen LogP contribution in [0, 0.1) is 0 Å². The van der Waals surface area contributed by atoms with Crippen molar-refractivity contribution in [1.29, 1.82) is 0 Å². The van der Waals surface area contributed by atoms with Crippen molar-refractivity contribution in [1.82, 2.24) is 0 Å². The number of ether oxygens (including phenoxy) is 1. The Balaban J connectivity index is 2.49. The van der Waals surface area contributed by atoms with Gasteiger partial charge in [-0.2, -0.15) is 0 Å². The molecule has 0 unspecified atom stereocenters. The van der Waals surface area contributed by atoms with Gasteiger partial charge < -0.3 is 4.74 Å². The molecule has 1 aliphatic rings. The summed E-state index contributed by atoms with van der Waals surface area (Å²) < 4.78 is 5.06. The standard InChI is InChI=1S/C10H9NO2/c1-13-8-2-3-9-7(6-8)4-5-11-10(9)12/h2-3,5-6H,4H2,1H3. The maximum absolute atomic E-state index is 11.2. The summed E-state index contributed by atoms with van der Waals surface area (Å²) in [5, 5.41) is 0. The average molecular weight is 175 g/mol. The zero-order valence-corrected chi connectivity index (χ0v) is 7.28. The highest BCUT2D eigenvalue weighted by Gasteiger charge is 2.13. The van der Waals surface area contributed by atoms with E-state index in [-0.39, 0.29) is 5.91 Å². The van der Waals surface area contributed by atoms with Crippen LogP contribution < -0.4 is 4.74 Å². The third-order valence-electron chi connectivity index (χ3n) is 2.06. The number of benzene rings is 1. The fourth-order valence-corrected chi connectivity index (χ4v) is 1.37. The zero-order valence-electron chi connectivity index (χ0n) is 7.28. The third kappa shape index (κ3) is 1.33. The van der Waals surface area contributed by atoms with E-state index in [1.807, 2.05) is 6.07 Å². The quantitative estimate of drug-likeness (QED) is 0.648. The van der Waals surface area contributed by atoms with Gasteiger partial charge >= 0.3 is 0 Å². The van der Waals surface area contributed by atoms with Gasteiger partial charge in [0.15, 0.2) is 0 Å². The van der Waals surface area contributed by atoms with E-state index in [4.69, 9.17) is 4.74 Å². The molecule has 3 heteroatoms. The average Bonchev–Trinajstić information content (AvgIpc) is 2.18. The Morgan fingerprint density at radius 2 is 2.31 bits per heavy atom. The molecule has 0 atom stereocenters. The molecule has 1 aliphatic heterocycles. The molecule has 1 aromatic rings. The van der Waals surface area contributed by atoms with Crippen molar-refractivity contribution in [2.75, 3.05) is 7.11 Å². The fraction of sp³-hybridized carbons (Fsp3) is 0.200. The van der Waals surface area contributed by atoms with E-state index in [0.717, 1.165) is 11.3 Å². The first-order chi connectivity index (χ1) is 6.31. The van der Waals surface area contributed by atoms with Crippen LogP contribution in [0.3, 0.4) is 0 Å². The highest BCUT2D eigenvalue weighted by molar-refractivity contribution is 6.03. The lowest BCUT2D eigenvalue weighted by Crippen LogP contribution is -2.08. The van der Waals surface area contributed by atoms with Gasteiger partial charge in [-0.25, -0.2) is 4.99 Å². The summed E-state index contributed by atoms with van der Waals surface area (Å²) in [4.78, 5) is 15.0. The molecule has 2 rings (SSSR count). The number of fused-ring (bicyclic) bond motifs is 1. The van der Waals surface area contributed by atoms with Crippen molar-refractivity contribution in [3.63, 3.8) is 0 Å². The number of nitrogens with zero attached hydrogens (tertiary/aromatic N) is 1. The summed E-state index contributed by atoms with van der Waals surface area (Å²) in [5.74, 6) is 0.616. The Kier molecular flexibility index (Phi) is 1.85. The van der Waals surface area contributed by atoms with Crippen LogP contribution >= 0.6 is 0 Å². The van der Waals surface area contributed by atoms with E-state index in [0.29, 0.717) is 12.0 Å². The highest BCUT2D eigenvalue weighted by Crippen LogP contribution is 2.20. The van der Waals surface area contributed by atoms with Crippen LogP contribution in [-0.2, 0) is 6.42 Å².